The van der Waals surface area contributed by atoms with Crippen molar-refractivity contribution in [1.29, 1.82) is 0 Å². The van der Waals surface area contributed by atoms with E-state index in [4.69, 9.17) is 4.74 Å². The number of aliphatic hydroxyl groups is 2. The molecule has 81 heavy (non-hydrogen) atoms. The van der Waals surface area contributed by atoms with E-state index in [0.29, 0.717) is 19.4 Å². The van der Waals surface area contributed by atoms with Crippen LogP contribution >= 0.6 is 0 Å². The predicted octanol–water partition coefficient (Wildman–Crippen LogP) is 23.9. The second-order valence-electron chi connectivity index (χ2n) is 25.3. The largest absolute Gasteiger partial charge is 0.466 e. The van der Waals surface area contributed by atoms with Crippen molar-refractivity contribution in [3.63, 3.8) is 0 Å². The standard InChI is InChI=1S/C75H143NO5/c1-3-5-7-9-11-13-14-15-16-17-40-43-46-49-53-57-61-65-69-75(80)81-70-66-62-58-54-50-47-44-41-38-36-34-32-30-28-26-24-22-20-18-19-21-23-25-27-29-31-33-35-37-39-42-45-48-52-56-60-64-68-74(79)76-72(71-77)73(78)67-63-59-55-51-12-10-8-6-4-2/h13-14,16-17,63,67,72-73,77-78H,3-12,15,18-62,64-66,68-71H2,1-2H3,(H,76,79)/b14-13-,17-16-,67-63+. The molecule has 3 N–H and O–H groups in total. The van der Waals surface area contributed by atoms with Crippen molar-refractivity contribution in [2.75, 3.05) is 13.2 Å². The van der Waals surface area contributed by atoms with E-state index in [1.165, 1.54) is 327 Å². The van der Waals surface area contributed by atoms with Gasteiger partial charge >= 0.3 is 5.97 Å². The van der Waals surface area contributed by atoms with E-state index < -0.39 is 12.1 Å². The fourth-order valence-electron chi connectivity index (χ4n) is 11.6. The van der Waals surface area contributed by atoms with Crippen LogP contribution in [0.25, 0.3) is 0 Å². The van der Waals surface area contributed by atoms with Crippen LogP contribution < -0.4 is 5.32 Å². The van der Waals surface area contributed by atoms with E-state index >= 15 is 0 Å². The van der Waals surface area contributed by atoms with Crippen LogP contribution in [0.3, 0.4) is 0 Å². The van der Waals surface area contributed by atoms with Gasteiger partial charge in [0.25, 0.3) is 0 Å². The molecule has 478 valence electrons. The number of rotatable bonds is 69. The normalized spacial score (nSPS) is 12.7. The number of esters is 1. The van der Waals surface area contributed by atoms with Crippen LogP contribution in [0.15, 0.2) is 36.5 Å². The van der Waals surface area contributed by atoms with Crippen molar-refractivity contribution >= 4 is 11.9 Å². The Balaban J connectivity index is 3.27. The maximum atomic E-state index is 12.4. The third kappa shape index (κ3) is 67.1. The summed E-state index contributed by atoms with van der Waals surface area (Å²) in [6.45, 7) is 4.88. The first-order valence-corrected chi connectivity index (χ1v) is 36.8. The number of carbonyl (C=O) groups excluding carboxylic acids is 2. The number of ether oxygens (including phenoxy) is 1. The Bertz CT molecular complexity index is 1310. The molecule has 6 nitrogen and oxygen atoms in total. The van der Waals surface area contributed by atoms with Gasteiger partial charge in [0.05, 0.1) is 25.4 Å². The average molecular weight is 1140 g/mol. The van der Waals surface area contributed by atoms with Gasteiger partial charge in [-0.1, -0.05) is 365 Å². The van der Waals surface area contributed by atoms with Crippen LogP contribution in [-0.4, -0.2) is 47.4 Å². The molecular formula is C75H143NO5. The molecule has 0 radical (unpaired) electrons. The first-order valence-electron chi connectivity index (χ1n) is 36.8. The molecule has 0 aromatic rings. The highest BCUT2D eigenvalue weighted by Crippen LogP contribution is 2.19. The zero-order chi connectivity index (χ0) is 58.5. The van der Waals surface area contributed by atoms with Crippen LogP contribution in [0, 0.1) is 0 Å². The summed E-state index contributed by atoms with van der Waals surface area (Å²) >= 11 is 0. The third-order valence-corrected chi connectivity index (χ3v) is 17.2. The van der Waals surface area contributed by atoms with Crippen LogP contribution in [0.5, 0.6) is 0 Å². The molecule has 0 rings (SSSR count). The van der Waals surface area contributed by atoms with Crippen molar-refractivity contribution in [2.45, 2.75) is 418 Å². The average Bonchev–Trinajstić information content (AvgIpc) is 3.47. The van der Waals surface area contributed by atoms with Gasteiger partial charge in [-0.15, -0.1) is 0 Å². The maximum Gasteiger partial charge on any atom is 0.305 e. The van der Waals surface area contributed by atoms with Crippen molar-refractivity contribution in [3.8, 4) is 0 Å². The van der Waals surface area contributed by atoms with Crippen LogP contribution in [-0.2, 0) is 14.3 Å². The second-order valence-corrected chi connectivity index (χ2v) is 25.3. The number of hydrogen-bond acceptors (Lipinski definition) is 5. The summed E-state index contributed by atoms with van der Waals surface area (Å²) in [5.74, 6) is -0.0474. The van der Waals surface area contributed by atoms with E-state index in [9.17, 15) is 19.8 Å². The lowest BCUT2D eigenvalue weighted by molar-refractivity contribution is -0.143. The molecule has 0 aromatic carbocycles. The minimum Gasteiger partial charge on any atom is -0.466 e. The summed E-state index contributed by atoms with van der Waals surface area (Å²) in [5, 5.41) is 23.0. The molecule has 0 aromatic heterocycles. The highest BCUT2D eigenvalue weighted by Gasteiger charge is 2.18. The molecule has 0 spiro atoms. The lowest BCUT2D eigenvalue weighted by Gasteiger charge is -2.20. The summed E-state index contributed by atoms with van der Waals surface area (Å²) in [6, 6.07) is -0.621. The van der Waals surface area contributed by atoms with E-state index in [2.05, 4.69) is 43.5 Å². The van der Waals surface area contributed by atoms with Gasteiger partial charge in [0.2, 0.25) is 5.91 Å². The van der Waals surface area contributed by atoms with Crippen molar-refractivity contribution in [2.24, 2.45) is 0 Å². The van der Waals surface area contributed by atoms with Gasteiger partial charge in [-0.3, -0.25) is 9.59 Å². The quantitative estimate of drug-likeness (QED) is 0.0320. The van der Waals surface area contributed by atoms with Crippen LogP contribution in [0.4, 0.5) is 0 Å². The summed E-state index contributed by atoms with van der Waals surface area (Å²) in [6.07, 6.45) is 91.3. The van der Waals surface area contributed by atoms with Crippen LogP contribution in [0.1, 0.15) is 406 Å². The monoisotopic (exact) mass is 1140 g/mol. The highest BCUT2D eigenvalue weighted by atomic mass is 16.5. The SMILES string of the molecule is CCCCCC/C=C\C/C=C\CCCCCCCCCC(=O)OCCCCCCCCCCCCCCCCCCCCCCCCCCCCCCCCCCCCCCCC(=O)NC(CO)C(O)/C=C/CCCCCCCCC. The lowest BCUT2D eigenvalue weighted by Crippen LogP contribution is -2.45. The van der Waals surface area contributed by atoms with Crippen LogP contribution in [0.2, 0.25) is 0 Å². The topological polar surface area (TPSA) is 95.9 Å². The lowest BCUT2D eigenvalue weighted by atomic mass is 10.0. The van der Waals surface area contributed by atoms with Gasteiger partial charge in [-0.25, -0.2) is 0 Å². The molecule has 0 bridgehead atoms. The molecule has 0 aliphatic carbocycles. The molecule has 0 aliphatic rings. The minimum atomic E-state index is -0.838. The second kappa shape index (κ2) is 70.6. The molecule has 6 heteroatoms. The maximum absolute atomic E-state index is 12.4. The molecule has 0 heterocycles. The Labute approximate surface area is 506 Å². The molecule has 0 saturated carbocycles. The van der Waals surface area contributed by atoms with Gasteiger partial charge < -0.3 is 20.3 Å². The van der Waals surface area contributed by atoms with Crippen molar-refractivity contribution in [1.82, 2.24) is 5.32 Å². The van der Waals surface area contributed by atoms with E-state index in [1.807, 2.05) is 6.08 Å². The summed E-state index contributed by atoms with van der Waals surface area (Å²) < 4.78 is 5.51. The minimum absolute atomic E-state index is 0.0161. The van der Waals surface area contributed by atoms with Gasteiger partial charge in [0, 0.05) is 12.8 Å². The summed E-state index contributed by atoms with van der Waals surface area (Å²) in [7, 11) is 0. The number of amides is 1. The number of allylic oxidation sites excluding steroid dienone is 5. The molecule has 0 aliphatic heterocycles. The first kappa shape index (κ1) is 79.1. The smallest absolute Gasteiger partial charge is 0.305 e. The van der Waals surface area contributed by atoms with Gasteiger partial charge in [-0.2, -0.15) is 0 Å². The number of hydrogen-bond donors (Lipinski definition) is 3. The van der Waals surface area contributed by atoms with Crippen molar-refractivity contribution in [3.05, 3.63) is 36.5 Å². The highest BCUT2D eigenvalue weighted by molar-refractivity contribution is 5.76. The summed E-state index contributed by atoms with van der Waals surface area (Å²) in [5.41, 5.74) is 0. The number of nitrogens with one attached hydrogen (secondary N) is 1. The Morgan fingerprint density at radius 1 is 0.346 bits per heavy atom. The first-order chi connectivity index (χ1) is 40.0. The zero-order valence-corrected chi connectivity index (χ0v) is 54.8. The molecule has 1 amide bonds. The fraction of sp³-hybridized carbons (Fsp3) is 0.893. The Morgan fingerprint density at radius 2 is 0.617 bits per heavy atom. The van der Waals surface area contributed by atoms with Gasteiger partial charge in [0.1, 0.15) is 0 Å². The van der Waals surface area contributed by atoms with Gasteiger partial charge in [0.15, 0.2) is 0 Å². The zero-order valence-electron chi connectivity index (χ0n) is 54.8. The Morgan fingerprint density at radius 3 is 0.951 bits per heavy atom. The van der Waals surface area contributed by atoms with Gasteiger partial charge in [-0.05, 0) is 64.2 Å². The fourth-order valence-corrected chi connectivity index (χ4v) is 11.6. The Hall–Kier alpha value is -1.92. The van der Waals surface area contributed by atoms with Crippen molar-refractivity contribution < 1.29 is 24.5 Å². The molecule has 0 saturated heterocycles. The molecular weight excluding hydrogens is 995 g/mol. The number of aliphatic hydroxyl groups excluding tert-OH is 2. The number of carbonyl (C=O) groups is 2. The summed E-state index contributed by atoms with van der Waals surface area (Å²) in [4.78, 5) is 24.5. The predicted molar refractivity (Wildman–Crippen MR) is 356 cm³/mol. The van der Waals surface area contributed by atoms with E-state index in [1.54, 1.807) is 6.08 Å². The number of unbranched alkanes of at least 4 members (excludes halogenated alkanes) is 54. The van der Waals surface area contributed by atoms with E-state index in [-0.39, 0.29) is 18.5 Å². The molecule has 0 fully saturated rings. The molecule has 2 unspecified atom stereocenters. The third-order valence-electron chi connectivity index (χ3n) is 17.2. The van der Waals surface area contributed by atoms with E-state index in [0.717, 1.165) is 51.4 Å². The molecule has 2 atom stereocenters. The Kier molecular flexibility index (Phi) is 68.9.